The number of rotatable bonds is 8. The van der Waals surface area contributed by atoms with Gasteiger partial charge in [0, 0.05) is 44.4 Å². The second kappa shape index (κ2) is 10.5. The molecule has 0 aliphatic carbocycles. The van der Waals surface area contributed by atoms with Crippen LogP contribution in [-0.4, -0.2) is 48.7 Å². The van der Waals surface area contributed by atoms with Gasteiger partial charge >= 0.3 is 0 Å². The monoisotopic (exact) mass is 413 g/mol. The van der Waals surface area contributed by atoms with Gasteiger partial charge in [0.05, 0.1) is 18.9 Å². The maximum Gasteiger partial charge on any atom is 0.191 e. The Morgan fingerprint density at radius 2 is 2.13 bits per heavy atom. The molecule has 164 valence electrons. The Kier molecular flexibility index (Phi) is 7.74. The fourth-order valence-electron chi connectivity index (χ4n) is 3.59. The van der Waals surface area contributed by atoms with Crippen LogP contribution >= 0.6 is 0 Å². The van der Waals surface area contributed by atoms with Gasteiger partial charge < -0.3 is 20.1 Å². The van der Waals surface area contributed by atoms with Gasteiger partial charge in [-0.25, -0.2) is 0 Å². The van der Waals surface area contributed by atoms with Crippen LogP contribution < -0.4 is 15.4 Å². The van der Waals surface area contributed by atoms with Crippen LogP contribution in [0.1, 0.15) is 35.9 Å². The average molecular weight is 414 g/mol. The van der Waals surface area contributed by atoms with Gasteiger partial charge in [-0.05, 0) is 44.4 Å². The van der Waals surface area contributed by atoms with E-state index in [0.29, 0.717) is 19.1 Å². The van der Waals surface area contributed by atoms with E-state index in [4.69, 9.17) is 9.47 Å². The molecule has 1 aliphatic rings. The molecule has 1 fully saturated rings. The van der Waals surface area contributed by atoms with Crippen molar-refractivity contribution in [2.45, 2.75) is 53.3 Å². The Bertz CT molecular complexity index is 855. The lowest BCUT2D eigenvalue weighted by atomic mass is 10.1. The minimum atomic E-state index is 0.137. The zero-order valence-electron chi connectivity index (χ0n) is 18.9. The van der Waals surface area contributed by atoms with Crippen LogP contribution in [0.3, 0.4) is 0 Å². The summed E-state index contributed by atoms with van der Waals surface area (Å²) in [6.07, 6.45) is 1.08. The summed E-state index contributed by atoms with van der Waals surface area (Å²) in [4.78, 5) is 4.37. The first kappa shape index (κ1) is 22.2. The second-order valence-electron chi connectivity index (χ2n) is 8.24. The highest BCUT2D eigenvalue weighted by molar-refractivity contribution is 5.79. The van der Waals surface area contributed by atoms with E-state index in [0.717, 1.165) is 49.1 Å². The highest BCUT2D eigenvalue weighted by Gasteiger charge is 2.19. The summed E-state index contributed by atoms with van der Waals surface area (Å²) in [6, 6.07) is 8.44. The molecule has 0 saturated carbocycles. The number of benzene rings is 1. The van der Waals surface area contributed by atoms with Crippen molar-refractivity contribution in [1.82, 2.24) is 20.4 Å². The van der Waals surface area contributed by atoms with Crippen LogP contribution in [0.15, 0.2) is 29.3 Å². The summed E-state index contributed by atoms with van der Waals surface area (Å²) in [7, 11) is 1.80. The van der Waals surface area contributed by atoms with Crippen LogP contribution in [-0.2, 0) is 17.8 Å². The second-order valence-corrected chi connectivity index (χ2v) is 8.24. The number of nitrogens with one attached hydrogen (secondary N) is 2. The predicted molar refractivity (Wildman–Crippen MR) is 120 cm³/mol. The maximum atomic E-state index is 6.20. The van der Waals surface area contributed by atoms with E-state index >= 15 is 0 Å². The van der Waals surface area contributed by atoms with E-state index in [-0.39, 0.29) is 6.10 Å². The fourth-order valence-corrected chi connectivity index (χ4v) is 3.59. The molecule has 0 bridgehead atoms. The molecule has 1 saturated heterocycles. The summed E-state index contributed by atoms with van der Waals surface area (Å²) < 4.78 is 13.7. The van der Waals surface area contributed by atoms with Gasteiger partial charge in [-0.2, -0.15) is 5.10 Å². The lowest BCUT2D eigenvalue weighted by Crippen LogP contribution is -2.39. The third kappa shape index (κ3) is 6.23. The third-order valence-electron chi connectivity index (χ3n) is 5.28. The first-order chi connectivity index (χ1) is 14.4. The predicted octanol–water partition coefficient (Wildman–Crippen LogP) is 2.98. The number of aryl methyl sites for hydroxylation is 3. The van der Waals surface area contributed by atoms with Gasteiger partial charge in [0.25, 0.3) is 0 Å². The molecule has 7 heteroatoms. The molecular weight excluding hydrogens is 378 g/mol. The largest absolute Gasteiger partial charge is 0.488 e. The van der Waals surface area contributed by atoms with Gasteiger partial charge in [0.15, 0.2) is 5.96 Å². The molecule has 1 aromatic heterocycles. The van der Waals surface area contributed by atoms with E-state index in [9.17, 15) is 0 Å². The zero-order chi connectivity index (χ0) is 21.5. The Morgan fingerprint density at radius 3 is 2.80 bits per heavy atom. The quantitative estimate of drug-likeness (QED) is 0.514. The Hall–Kier alpha value is -2.54. The average Bonchev–Trinajstić information content (AvgIpc) is 3.32. The summed E-state index contributed by atoms with van der Waals surface area (Å²) in [5.41, 5.74) is 4.56. The smallest absolute Gasteiger partial charge is 0.191 e. The SMILES string of the molecule is CN=C(NCc1ccc(C)cc1OC1CCOC1)NCC(C)Cn1nc(C)cc1C. The molecule has 7 nitrogen and oxygen atoms in total. The molecule has 1 aliphatic heterocycles. The van der Waals surface area contributed by atoms with Crippen LogP contribution in [0.2, 0.25) is 0 Å². The molecule has 2 N–H and O–H groups in total. The molecule has 2 heterocycles. The minimum absolute atomic E-state index is 0.137. The number of ether oxygens (including phenoxy) is 2. The summed E-state index contributed by atoms with van der Waals surface area (Å²) in [6.45, 7) is 12.2. The number of nitrogens with zero attached hydrogens (tertiary/aromatic N) is 3. The van der Waals surface area contributed by atoms with Crippen molar-refractivity contribution in [2.24, 2.45) is 10.9 Å². The molecule has 2 unspecified atom stereocenters. The van der Waals surface area contributed by atoms with E-state index in [1.54, 1.807) is 7.05 Å². The van der Waals surface area contributed by atoms with Gasteiger partial charge in [-0.15, -0.1) is 0 Å². The number of aromatic nitrogens is 2. The number of guanidine groups is 1. The van der Waals surface area contributed by atoms with E-state index in [1.165, 1.54) is 11.3 Å². The lowest BCUT2D eigenvalue weighted by Gasteiger charge is -2.19. The molecule has 0 amide bonds. The van der Waals surface area contributed by atoms with E-state index < -0.39 is 0 Å². The summed E-state index contributed by atoms with van der Waals surface area (Å²) >= 11 is 0. The first-order valence-corrected chi connectivity index (χ1v) is 10.7. The lowest BCUT2D eigenvalue weighted by molar-refractivity contribution is 0.140. The number of hydrogen-bond donors (Lipinski definition) is 2. The molecule has 2 aromatic rings. The molecule has 2 atom stereocenters. The van der Waals surface area contributed by atoms with Crippen molar-refractivity contribution in [3.63, 3.8) is 0 Å². The summed E-state index contributed by atoms with van der Waals surface area (Å²) in [5.74, 6) is 2.12. The van der Waals surface area contributed by atoms with Crippen molar-refractivity contribution in [3.05, 3.63) is 46.8 Å². The topological polar surface area (TPSA) is 72.7 Å². The van der Waals surface area contributed by atoms with E-state index in [2.05, 4.69) is 70.4 Å². The highest BCUT2D eigenvalue weighted by atomic mass is 16.5. The van der Waals surface area contributed by atoms with Crippen LogP contribution in [0.25, 0.3) is 0 Å². The van der Waals surface area contributed by atoms with Crippen LogP contribution in [0.5, 0.6) is 5.75 Å². The van der Waals surface area contributed by atoms with Crippen LogP contribution in [0, 0.1) is 26.7 Å². The van der Waals surface area contributed by atoms with Crippen molar-refractivity contribution < 1.29 is 9.47 Å². The van der Waals surface area contributed by atoms with E-state index in [1.807, 2.05) is 6.92 Å². The van der Waals surface area contributed by atoms with Crippen molar-refractivity contribution >= 4 is 5.96 Å². The standard InChI is InChI=1S/C23H35N5O2/c1-16-6-7-20(22(10-16)30-21-8-9-29-15-21)13-26-23(24-5)25-12-17(2)14-28-19(4)11-18(3)27-28/h6-7,10-11,17,21H,8-9,12-15H2,1-5H3,(H2,24,25,26). The van der Waals surface area contributed by atoms with Gasteiger partial charge in [0.2, 0.25) is 0 Å². The molecule has 30 heavy (non-hydrogen) atoms. The fraction of sp³-hybridized carbons (Fsp3) is 0.565. The third-order valence-corrected chi connectivity index (χ3v) is 5.28. The van der Waals surface area contributed by atoms with Gasteiger partial charge in [-0.1, -0.05) is 19.1 Å². The van der Waals surface area contributed by atoms with Crippen LogP contribution in [0.4, 0.5) is 0 Å². The maximum absolute atomic E-state index is 6.20. The normalized spacial score (nSPS) is 17.8. The Balaban J connectivity index is 1.52. The highest BCUT2D eigenvalue weighted by Crippen LogP contribution is 2.23. The Morgan fingerprint density at radius 1 is 1.30 bits per heavy atom. The van der Waals surface area contributed by atoms with Crippen molar-refractivity contribution in [3.8, 4) is 5.75 Å². The number of aliphatic imine (C=N–C) groups is 1. The van der Waals surface area contributed by atoms with Gasteiger partial charge in [-0.3, -0.25) is 9.67 Å². The molecule has 0 spiro atoms. The van der Waals surface area contributed by atoms with Crippen molar-refractivity contribution in [1.29, 1.82) is 0 Å². The molecule has 0 radical (unpaired) electrons. The zero-order valence-corrected chi connectivity index (χ0v) is 18.9. The Labute approximate surface area is 179 Å². The minimum Gasteiger partial charge on any atom is -0.488 e. The molecule has 3 rings (SSSR count). The first-order valence-electron chi connectivity index (χ1n) is 10.7. The summed E-state index contributed by atoms with van der Waals surface area (Å²) in [5, 5.41) is 11.4. The number of hydrogen-bond acceptors (Lipinski definition) is 4. The molecule has 1 aromatic carbocycles. The van der Waals surface area contributed by atoms with Gasteiger partial charge in [0.1, 0.15) is 11.9 Å². The van der Waals surface area contributed by atoms with Crippen molar-refractivity contribution in [2.75, 3.05) is 26.8 Å². The molecular formula is C23H35N5O2.